The van der Waals surface area contributed by atoms with Gasteiger partial charge in [0.1, 0.15) is 17.0 Å². The van der Waals surface area contributed by atoms with Gasteiger partial charge in [0.15, 0.2) is 11.4 Å². The summed E-state index contributed by atoms with van der Waals surface area (Å²) in [7, 11) is 0. The number of para-hydroxylation sites is 2. The number of ether oxygens (including phenoxy) is 2. The first kappa shape index (κ1) is 21.4. The van der Waals surface area contributed by atoms with E-state index >= 15 is 0 Å². The standard InChI is InChI=1S/C27H25NO4/c1-3-17-31-22-15-11-20(12-16-22)26(29)23(18-19-9-13-21(14-10-19)30-4-2)27-28-24-7-5-6-8-25(24)32-27/h5-16,18H,3-4,17H2,1-2H3/b23-18-. The van der Waals surface area contributed by atoms with E-state index in [1.165, 1.54) is 0 Å². The molecule has 0 spiro atoms. The van der Waals surface area contributed by atoms with Gasteiger partial charge in [-0.05, 0) is 73.5 Å². The number of nitrogens with zero attached hydrogens (tertiary/aromatic N) is 1. The fourth-order valence-electron chi connectivity index (χ4n) is 3.28. The zero-order chi connectivity index (χ0) is 22.3. The predicted molar refractivity (Wildman–Crippen MR) is 126 cm³/mol. The molecule has 5 heteroatoms. The second-order valence-corrected chi connectivity index (χ2v) is 7.25. The summed E-state index contributed by atoms with van der Waals surface area (Å²) in [5, 5.41) is 0. The summed E-state index contributed by atoms with van der Waals surface area (Å²) in [6.07, 6.45) is 2.72. The van der Waals surface area contributed by atoms with Crippen LogP contribution in [0.1, 0.15) is 42.1 Å². The lowest BCUT2D eigenvalue weighted by Crippen LogP contribution is -2.04. The molecule has 32 heavy (non-hydrogen) atoms. The summed E-state index contributed by atoms with van der Waals surface area (Å²) < 4.78 is 17.1. The summed E-state index contributed by atoms with van der Waals surface area (Å²) in [5.41, 5.74) is 3.11. The molecule has 0 amide bonds. The molecular weight excluding hydrogens is 402 g/mol. The van der Waals surface area contributed by atoms with Gasteiger partial charge in [0.05, 0.1) is 18.8 Å². The Balaban J connectivity index is 1.72. The number of carbonyl (C=O) groups is 1. The van der Waals surface area contributed by atoms with Gasteiger partial charge in [0.25, 0.3) is 0 Å². The average molecular weight is 428 g/mol. The number of Topliss-reactive ketones (excluding diaryl/α,β-unsaturated/α-hetero) is 1. The molecule has 3 aromatic carbocycles. The van der Waals surface area contributed by atoms with Crippen LogP contribution in [-0.4, -0.2) is 24.0 Å². The summed E-state index contributed by atoms with van der Waals surface area (Å²) in [5.74, 6) is 1.63. The molecule has 0 aliphatic rings. The first-order valence-corrected chi connectivity index (χ1v) is 10.8. The number of benzene rings is 3. The number of ketones is 1. The highest BCUT2D eigenvalue weighted by Crippen LogP contribution is 2.27. The number of oxazole rings is 1. The SMILES string of the molecule is CCCOc1ccc(C(=O)/C(=C/c2ccc(OCC)cc2)c2nc3ccccc3o2)cc1. The van der Waals surface area contributed by atoms with Crippen molar-refractivity contribution in [2.45, 2.75) is 20.3 Å². The number of hydrogen-bond acceptors (Lipinski definition) is 5. The third kappa shape index (κ3) is 4.89. The Hall–Kier alpha value is -3.86. The first-order chi connectivity index (χ1) is 15.7. The Morgan fingerprint density at radius 2 is 1.59 bits per heavy atom. The smallest absolute Gasteiger partial charge is 0.231 e. The van der Waals surface area contributed by atoms with Crippen LogP contribution in [0.4, 0.5) is 0 Å². The van der Waals surface area contributed by atoms with Crippen molar-refractivity contribution in [2.24, 2.45) is 0 Å². The predicted octanol–water partition coefficient (Wildman–Crippen LogP) is 6.44. The van der Waals surface area contributed by atoms with Gasteiger partial charge in [0, 0.05) is 5.56 Å². The van der Waals surface area contributed by atoms with Gasteiger partial charge in [-0.25, -0.2) is 4.98 Å². The molecule has 0 bridgehead atoms. The highest BCUT2D eigenvalue weighted by Gasteiger charge is 2.20. The van der Waals surface area contributed by atoms with E-state index in [1.807, 2.05) is 67.6 Å². The van der Waals surface area contributed by atoms with E-state index in [0.29, 0.717) is 35.5 Å². The zero-order valence-electron chi connectivity index (χ0n) is 18.2. The van der Waals surface area contributed by atoms with Crippen molar-refractivity contribution in [3.05, 3.63) is 89.8 Å². The minimum atomic E-state index is -0.174. The van der Waals surface area contributed by atoms with Crippen molar-refractivity contribution in [2.75, 3.05) is 13.2 Å². The third-order valence-corrected chi connectivity index (χ3v) is 4.86. The van der Waals surface area contributed by atoms with Crippen LogP contribution in [0, 0.1) is 0 Å². The Morgan fingerprint density at radius 3 is 2.28 bits per heavy atom. The number of allylic oxidation sites excluding steroid dienone is 1. The van der Waals surface area contributed by atoms with Gasteiger partial charge in [-0.3, -0.25) is 4.79 Å². The normalized spacial score (nSPS) is 11.5. The summed E-state index contributed by atoms with van der Waals surface area (Å²) in [6.45, 7) is 5.23. The number of fused-ring (bicyclic) bond motifs is 1. The zero-order valence-corrected chi connectivity index (χ0v) is 18.2. The van der Waals surface area contributed by atoms with Crippen molar-refractivity contribution in [3.63, 3.8) is 0 Å². The molecule has 162 valence electrons. The summed E-state index contributed by atoms with van der Waals surface area (Å²) >= 11 is 0. The van der Waals surface area contributed by atoms with Crippen LogP contribution >= 0.6 is 0 Å². The number of rotatable bonds is 9. The van der Waals surface area contributed by atoms with Gasteiger partial charge in [-0.15, -0.1) is 0 Å². The van der Waals surface area contributed by atoms with E-state index in [9.17, 15) is 4.79 Å². The van der Waals surface area contributed by atoms with Gasteiger partial charge < -0.3 is 13.9 Å². The molecule has 0 atom stereocenters. The van der Waals surface area contributed by atoms with E-state index in [2.05, 4.69) is 11.9 Å². The highest BCUT2D eigenvalue weighted by atomic mass is 16.5. The van der Waals surface area contributed by atoms with Crippen molar-refractivity contribution < 1.29 is 18.7 Å². The molecule has 0 aliphatic heterocycles. The monoisotopic (exact) mass is 427 g/mol. The van der Waals surface area contributed by atoms with Crippen LogP contribution in [0.5, 0.6) is 11.5 Å². The lowest BCUT2D eigenvalue weighted by atomic mass is 10.0. The molecule has 0 unspecified atom stereocenters. The molecule has 5 nitrogen and oxygen atoms in total. The summed E-state index contributed by atoms with van der Waals surface area (Å²) in [4.78, 5) is 18.0. The quantitative estimate of drug-likeness (QED) is 0.227. The molecule has 0 saturated carbocycles. The Labute approximate surface area is 187 Å². The van der Waals surface area contributed by atoms with Gasteiger partial charge in [0.2, 0.25) is 5.89 Å². The van der Waals surface area contributed by atoms with E-state index in [-0.39, 0.29) is 11.7 Å². The van der Waals surface area contributed by atoms with Gasteiger partial charge >= 0.3 is 0 Å². The van der Waals surface area contributed by atoms with Crippen LogP contribution in [0.15, 0.2) is 77.2 Å². The van der Waals surface area contributed by atoms with Gasteiger partial charge in [-0.1, -0.05) is 31.2 Å². The molecule has 0 aliphatic carbocycles. The molecule has 4 aromatic rings. The fourth-order valence-corrected chi connectivity index (χ4v) is 3.28. The van der Waals surface area contributed by atoms with Crippen LogP contribution in [0.2, 0.25) is 0 Å². The van der Waals surface area contributed by atoms with Crippen molar-refractivity contribution >= 4 is 28.5 Å². The molecule has 1 heterocycles. The number of aromatic nitrogens is 1. The lowest BCUT2D eigenvalue weighted by molar-refractivity contribution is 0.105. The molecule has 4 rings (SSSR count). The maximum atomic E-state index is 13.5. The topological polar surface area (TPSA) is 61.6 Å². The summed E-state index contributed by atoms with van der Waals surface area (Å²) in [6, 6.07) is 22.2. The molecule has 0 fully saturated rings. The van der Waals surface area contributed by atoms with Crippen LogP contribution in [-0.2, 0) is 0 Å². The minimum absolute atomic E-state index is 0.174. The van der Waals surface area contributed by atoms with E-state index in [0.717, 1.165) is 23.5 Å². The number of carbonyl (C=O) groups excluding carboxylic acids is 1. The molecule has 0 radical (unpaired) electrons. The Morgan fingerprint density at radius 1 is 0.906 bits per heavy atom. The Kier molecular flexibility index (Phi) is 6.66. The molecule has 0 saturated heterocycles. The average Bonchev–Trinajstić information content (AvgIpc) is 3.26. The fraction of sp³-hybridized carbons (Fsp3) is 0.185. The number of hydrogen-bond donors (Lipinski definition) is 0. The third-order valence-electron chi connectivity index (χ3n) is 4.86. The maximum absolute atomic E-state index is 13.5. The maximum Gasteiger partial charge on any atom is 0.231 e. The van der Waals surface area contributed by atoms with Gasteiger partial charge in [-0.2, -0.15) is 0 Å². The lowest BCUT2D eigenvalue weighted by Gasteiger charge is -2.07. The van der Waals surface area contributed by atoms with Crippen LogP contribution < -0.4 is 9.47 Å². The van der Waals surface area contributed by atoms with E-state index < -0.39 is 0 Å². The highest BCUT2D eigenvalue weighted by molar-refractivity contribution is 6.31. The second kappa shape index (κ2) is 9.96. The van der Waals surface area contributed by atoms with Crippen LogP contribution in [0.25, 0.3) is 22.7 Å². The first-order valence-electron chi connectivity index (χ1n) is 10.8. The van der Waals surface area contributed by atoms with Crippen LogP contribution in [0.3, 0.4) is 0 Å². The molecular formula is C27H25NO4. The largest absolute Gasteiger partial charge is 0.494 e. The van der Waals surface area contributed by atoms with E-state index in [1.54, 1.807) is 18.2 Å². The van der Waals surface area contributed by atoms with Crippen molar-refractivity contribution in [1.29, 1.82) is 0 Å². The van der Waals surface area contributed by atoms with Crippen molar-refractivity contribution in [1.82, 2.24) is 4.98 Å². The van der Waals surface area contributed by atoms with E-state index in [4.69, 9.17) is 13.9 Å². The molecule has 1 aromatic heterocycles. The second-order valence-electron chi connectivity index (χ2n) is 7.25. The van der Waals surface area contributed by atoms with Crippen molar-refractivity contribution in [3.8, 4) is 11.5 Å². The minimum Gasteiger partial charge on any atom is -0.494 e. The Bertz CT molecular complexity index is 1190. The molecule has 0 N–H and O–H groups in total.